The lowest BCUT2D eigenvalue weighted by molar-refractivity contribution is -0.192. The van der Waals surface area contributed by atoms with Crippen molar-refractivity contribution in [3.63, 3.8) is 0 Å². The van der Waals surface area contributed by atoms with Crippen molar-refractivity contribution in [2.45, 2.75) is 160 Å². The Morgan fingerprint density at radius 2 is 1.46 bits per heavy atom. The van der Waals surface area contributed by atoms with Crippen molar-refractivity contribution in [1.82, 2.24) is 40.8 Å². The molecule has 7 atom stereocenters. The van der Waals surface area contributed by atoms with E-state index in [1.165, 1.54) is 9.58 Å². The standard InChI is InChI=1S/C58H83F2N11O13S.C2HF3O2/c1-34(2)49(67-46(74)19-10-7-13-25-70-47(75)30-45(54(70)79)85-33-41(62)55(80)81)44(73)28-36(17-14-24-65-57(63)84)52(77)66-42(56(82)83)18-11-12-23-64-53(78)40(61)22-26-69(48(76)32-72)51(58(3,4)5)50-37(27-35-15-8-6-9-16-35)31-71(68-50)43-29-38(59)20-21-39(43)60;3-2(4,5)1(6)7/h6,8-9,15-16,20-21,29,31,34,36,40-42,45,49,51,72H,7,10-14,17-19,22-28,30,32-33,61-62H2,1-5H3,(H,64,78)(H,66,77)(H,67,74)(H,80,81)(H,82,83)(H3,63,65,84);(H,6,7)/t36-,40+,41+,42+,45?,49+,51+;/m1./s1. The highest BCUT2D eigenvalue weighted by molar-refractivity contribution is 8.00. The van der Waals surface area contributed by atoms with Crippen molar-refractivity contribution in [1.29, 1.82) is 0 Å². The van der Waals surface area contributed by atoms with E-state index in [2.05, 4.69) is 21.3 Å². The number of thioether (sulfide) groups is 1. The van der Waals surface area contributed by atoms with E-state index in [1.807, 2.05) is 51.1 Å². The van der Waals surface area contributed by atoms with Gasteiger partial charge in [0.05, 0.1) is 29.1 Å². The maximum atomic E-state index is 15.2. The Labute approximate surface area is 532 Å². The Morgan fingerprint density at radius 3 is 2.04 bits per heavy atom. The number of alkyl halides is 3. The Balaban J connectivity index is 0.00000297. The fourth-order valence-electron chi connectivity index (χ4n) is 9.84. The van der Waals surface area contributed by atoms with Gasteiger partial charge in [0.25, 0.3) is 0 Å². The number of unbranched alkanes of at least 4 members (excludes halogenated alkanes) is 3. The fraction of sp³-hybridized carbons (Fsp3) is 0.567. The number of rotatable bonds is 37. The number of likely N-dealkylation sites (tertiary alicyclic amines) is 1. The summed E-state index contributed by atoms with van der Waals surface area (Å²) in [6.07, 6.45) is -1.93. The molecule has 0 aliphatic carbocycles. The number of Topliss-reactive ketones (excluding diaryl/α,β-unsaturated/α-hetero) is 1. The van der Waals surface area contributed by atoms with Gasteiger partial charge in [-0.15, -0.1) is 11.8 Å². The number of urea groups is 1. The van der Waals surface area contributed by atoms with Crippen molar-refractivity contribution >= 4 is 76.9 Å². The van der Waals surface area contributed by atoms with Crippen LogP contribution in [0.5, 0.6) is 0 Å². The minimum absolute atomic E-state index is 0.00651. The number of benzene rings is 2. The normalized spacial score (nSPS) is 15.2. The summed E-state index contributed by atoms with van der Waals surface area (Å²) in [5.41, 5.74) is 18.0. The molecule has 0 spiro atoms. The van der Waals surface area contributed by atoms with Gasteiger partial charge in [0, 0.05) is 81.4 Å². The number of carboxylic acids is 3. The first-order chi connectivity index (χ1) is 43.1. The van der Waals surface area contributed by atoms with E-state index in [9.17, 15) is 75.7 Å². The summed E-state index contributed by atoms with van der Waals surface area (Å²) < 4.78 is 62.5. The number of aliphatic hydroxyl groups is 1. The average Bonchev–Trinajstić information content (AvgIpc) is 1.59. The van der Waals surface area contributed by atoms with E-state index in [1.54, 1.807) is 20.0 Å². The molecule has 92 heavy (non-hydrogen) atoms. The van der Waals surface area contributed by atoms with Gasteiger partial charge in [-0.05, 0) is 80.4 Å². The van der Waals surface area contributed by atoms with Crippen LogP contribution in [0, 0.1) is 28.9 Å². The number of amides is 8. The van der Waals surface area contributed by atoms with Gasteiger partial charge in [-0.2, -0.15) is 18.3 Å². The number of primary amides is 1. The molecular formula is C60H84F5N11O15S. The molecule has 4 rings (SSSR count). The van der Waals surface area contributed by atoms with E-state index >= 15 is 4.39 Å². The smallest absolute Gasteiger partial charge is 0.480 e. The zero-order chi connectivity index (χ0) is 69.2. The predicted octanol–water partition coefficient (Wildman–Crippen LogP) is 3.85. The van der Waals surface area contributed by atoms with Crippen LogP contribution in [-0.2, 0) is 54.4 Å². The van der Waals surface area contributed by atoms with Gasteiger partial charge < -0.3 is 63.8 Å². The summed E-state index contributed by atoms with van der Waals surface area (Å²) in [6.45, 7) is 8.16. The first kappa shape index (κ1) is 78.1. The van der Waals surface area contributed by atoms with Gasteiger partial charge in [0.1, 0.15) is 36.0 Å². The molecule has 510 valence electrons. The molecule has 26 nitrogen and oxygen atoms in total. The molecule has 2 aromatic carbocycles. The number of aromatic nitrogens is 2. The zero-order valence-corrected chi connectivity index (χ0v) is 52.7. The van der Waals surface area contributed by atoms with E-state index < -0.39 is 136 Å². The molecule has 32 heteroatoms. The monoisotopic (exact) mass is 1330 g/mol. The van der Waals surface area contributed by atoms with E-state index in [0.717, 1.165) is 40.4 Å². The molecule has 14 N–H and O–H groups in total. The second kappa shape index (κ2) is 37.4. The Bertz CT molecular complexity index is 3020. The molecule has 1 aromatic heterocycles. The minimum Gasteiger partial charge on any atom is -0.480 e. The number of hydrogen-bond donors (Lipinski definition) is 11. The SMILES string of the molecule is CC(C)[C@H](NC(=O)CCCCCN1C(=O)CC(SC[C@H](N)C(=O)O)C1=O)C(=O)C[C@@H](CCCNC(N)=O)C(=O)N[C@@H](CCCCNC(=O)[C@@H](N)CCN(C(=O)CO)[C@@H](c1nn(-c2cc(F)ccc2F)cc1Cc1ccccc1)C(C)(C)C)C(=O)O.O=C(O)C(F)(F)F. The van der Waals surface area contributed by atoms with Crippen LogP contribution < -0.4 is 38.5 Å². The zero-order valence-electron chi connectivity index (χ0n) is 51.8. The van der Waals surface area contributed by atoms with Crippen molar-refractivity contribution in [3.05, 3.63) is 83.2 Å². The number of nitrogens with zero attached hydrogens (tertiary/aromatic N) is 4. The van der Waals surface area contributed by atoms with Gasteiger partial charge >= 0.3 is 30.1 Å². The molecule has 3 aromatic rings. The molecule has 1 aliphatic rings. The minimum atomic E-state index is -5.08. The third kappa shape index (κ3) is 25.9. The van der Waals surface area contributed by atoms with Crippen molar-refractivity contribution in [2.75, 3.05) is 38.5 Å². The third-order valence-corrected chi connectivity index (χ3v) is 15.9. The number of halogens is 5. The lowest BCUT2D eigenvalue weighted by Crippen LogP contribution is -2.48. The molecule has 0 radical (unpaired) electrons. The van der Waals surface area contributed by atoms with Crippen LogP contribution in [0.2, 0.25) is 0 Å². The van der Waals surface area contributed by atoms with E-state index in [-0.39, 0.29) is 101 Å². The van der Waals surface area contributed by atoms with Gasteiger partial charge in [-0.1, -0.05) is 71.4 Å². The van der Waals surface area contributed by atoms with Crippen LogP contribution in [0.4, 0.5) is 26.7 Å². The van der Waals surface area contributed by atoms with Crippen LogP contribution in [0.3, 0.4) is 0 Å². The summed E-state index contributed by atoms with van der Waals surface area (Å²) in [5, 5.41) is 50.9. The molecular weight excluding hydrogens is 1240 g/mol. The van der Waals surface area contributed by atoms with Crippen LogP contribution in [0.15, 0.2) is 54.7 Å². The van der Waals surface area contributed by atoms with Crippen LogP contribution >= 0.6 is 11.8 Å². The van der Waals surface area contributed by atoms with Crippen molar-refractivity contribution in [2.24, 2.45) is 34.5 Å². The van der Waals surface area contributed by atoms with Crippen LogP contribution in [-0.4, -0.2) is 179 Å². The largest absolute Gasteiger partial charge is 0.490 e. The number of aliphatic hydroxyl groups excluding tert-OH is 1. The summed E-state index contributed by atoms with van der Waals surface area (Å²) in [5.74, 6) is -12.1. The number of carbonyl (C=O) groups is 11. The number of imide groups is 1. The predicted molar refractivity (Wildman–Crippen MR) is 325 cm³/mol. The fourth-order valence-corrected chi connectivity index (χ4v) is 11.0. The number of nitrogens with two attached hydrogens (primary N) is 3. The number of carbonyl (C=O) groups excluding carboxylic acids is 8. The lowest BCUT2D eigenvalue weighted by Gasteiger charge is -2.40. The summed E-state index contributed by atoms with van der Waals surface area (Å²) in [4.78, 5) is 139. The highest BCUT2D eigenvalue weighted by atomic mass is 32.2. The maximum Gasteiger partial charge on any atom is 0.490 e. The number of aliphatic carboxylic acids is 3. The van der Waals surface area contributed by atoms with E-state index in [0.29, 0.717) is 36.9 Å². The molecule has 0 saturated carbocycles. The highest BCUT2D eigenvalue weighted by Crippen LogP contribution is 2.40. The lowest BCUT2D eigenvalue weighted by atomic mass is 9.81. The number of carboxylic acid groups (broad SMARTS) is 3. The number of ketones is 1. The van der Waals surface area contributed by atoms with Crippen molar-refractivity contribution in [3.8, 4) is 5.69 Å². The first-order valence-electron chi connectivity index (χ1n) is 29.7. The molecule has 1 unspecified atom stereocenters. The second-order valence-corrected chi connectivity index (χ2v) is 24.6. The molecule has 1 aliphatic heterocycles. The molecule has 0 bridgehead atoms. The van der Waals surface area contributed by atoms with Gasteiger partial charge in [-0.3, -0.25) is 43.3 Å². The topological polar surface area (TPSA) is 419 Å². The van der Waals surface area contributed by atoms with Gasteiger partial charge in [0.15, 0.2) is 5.78 Å². The van der Waals surface area contributed by atoms with Gasteiger partial charge in [0.2, 0.25) is 35.4 Å². The van der Waals surface area contributed by atoms with Crippen LogP contribution in [0.25, 0.3) is 5.69 Å². The average molecular weight is 1330 g/mol. The molecule has 2 heterocycles. The first-order valence-corrected chi connectivity index (χ1v) is 30.8. The Hall–Kier alpha value is -8.10. The molecule has 8 amide bonds. The molecule has 1 fully saturated rings. The Morgan fingerprint density at radius 1 is 0.804 bits per heavy atom. The summed E-state index contributed by atoms with van der Waals surface area (Å²) >= 11 is 1.02. The van der Waals surface area contributed by atoms with Gasteiger partial charge in [-0.25, -0.2) is 27.8 Å². The summed E-state index contributed by atoms with van der Waals surface area (Å²) in [6, 6.07) is 5.84. The highest BCUT2D eigenvalue weighted by Gasteiger charge is 2.41. The van der Waals surface area contributed by atoms with Crippen LogP contribution in [0.1, 0.15) is 135 Å². The second-order valence-electron chi connectivity index (χ2n) is 23.4. The summed E-state index contributed by atoms with van der Waals surface area (Å²) in [7, 11) is 0. The van der Waals surface area contributed by atoms with E-state index in [4.69, 9.17) is 37.3 Å². The Kier molecular flexibility index (Phi) is 31.8. The number of nitrogens with one attached hydrogen (secondary N) is 4. The maximum absolute atomic E-state index is 15.2. The third-order valence-electron chi connectivity index (χ3n) is 14.6. The number of hydrogen-bond acceptors (Lipinski definition) is 16. The van der Waals surface area contributed by atoms with Crippen molar-refractivity contribution < 1.29 is 95.1 Å². The quantitative estimate of drug-likeness (QED) is 0.0222. The molecule has 1 saturated heterocycles.